The molecule has 0 amide bonds. The van der Waals surface area contributed by atoms with Gasteiger partial charge in [0, 0.05) is 46.0 Å². The molecule has 5 nitrogen and oxygen atoms in total. The van der Waals surface area contributed by atoms with Crippen molar-refractivity contribution in [3.63, 3.8) is 0 Å². The van der Waals surface area contributed by atoms with Crippen molar-refractivity contribution in [2.75, 3.05) is 20.6 Å². The summed E-state index contributed by atoms with van der Waals surface area (Å²) in [6.07, 6.45) is -1.68. The number of alkyl halides is 3. The Morgan fingerprint density at radius 3 is 2.38 bits per heavy atom. The highest BCUT2D eigenvalue weighted by molar-refractivity contribution is 14.0. The molecule has 0 aliphatic carbocycles. The molecule has 29 heavy (non-hydrogen) atoms. The molecule has 1 N–H and O–H groups in total. The summed E-state index contributed by atoms with van der Waals surface area (Å²) >= 11 is 0. The number of hydrogen-bond donors (Lipinski definition) is 1. The van der Waals surface area contributed by atoms with E-state index >= 15 is 0 Å². The molecule has 0 spiro atoms. The molecule has 1 aromatic heterocycles. The van der Waals surface area contributed by atoms with Crippen LogP contribution >= 0.6 is 24.0 Å². The smallest absolute Gasteiger partial charge is 0.356 e. The molecule has 0 saturated heterocycles. The summed E-state index contributed by atoms with van der Waals surface area (Å²) < 4.78 is 39.7. The number of guanidine groups is 1. The fourth-order valence-corrected chi connectivity index (χ4v) is 3.06. The minimum absolute atomic E-state index is 0. The van der Waals surface area contributed by atoms with E-state index in [0.29, 0.717) is 25.4 Å². The van der Waals surface area contributed by atoms with Gasteiger partial charge in [-0.05, 0) is 30.0 Å². The average molecular weight is 523 g/mol. The van der Waals surface area contributed by atoms with Gasteiger partial charge < -0.3 is 10.2 Å². The van der Waals surface area contributed by atoms with E-state index in [4.69, 9.17) is 0 Å². The monoisotopic (exact) mass is 523 g/mol. The maximum Gasteiger partial charge on any atom is 0.416 e. The lowest BCUT2D eigenvalue weighted by Gasteiger charge is -2.22. The van der Waals surface area contributed by atoms with Crippen LogP contribution in [0.1, 0.15) is 42.1 Å². The maximum atomic E-state index is 12.6. The van der Waals surface area contributed by atoms with Gasteiger partial charge in [0.1, 0.15) is 0 Å². The molecular weight excluding hydrogens is 494 g/mol. The quantitative estimate of drug-likeness (QED) is 0.346. The van der Waals surface area contributed by atoms with Crippen molar-refractivity contribution in [3.05, 3.63) is 52.8 Å². The lowest BCUT2D eigenvalue weighted by Crippen LogP contribution is -2.39. The van der Waals surface area contributed by atoms with E-state index < -0.39 is 11.7 Å². The number of hydrogen-bond acceptors (Lipinski definition) is 2. The summed E-state index contributed by atoms with van der Waals surface area (Å²) in [6.45, 7) is 5.47. The van der Waals surface area contributed by atoms with E-state index in [9.17, 15) is 13.2 Å². The van der Waals surface area contributed by atoms with Crippen LogP contribution in [0.3, 0.4) is 0 Å². The zero-order chi connectivity index (χ0) is 20.9. The van der Waals surface area contributed by atoms with E-state index in [-0.39, 0.29) is 24.0 Å². The van der Waals surface area contributed by atoms with Crippen LogP contribution in [0.4, 0.5) is 13.2 Å². The molecule has 2 aromatic rings. The summed E-state index contributed by atoms with van der Waals surface area (Å²) in [4.78, 5) is 6.31. The number of aryl methyl sites for hydroxylation is 1. The van der Waals surface area contributed by atoms with Crippen LogP contribution in [-0.2, 0) is 26.2 Å². The van der Waals surface area contributed by atoms with E-state index in [1.165, 1.54) is 12.1 Å². The molecular formula is C20H29F3IN5. The molecule has 0 bridgehead atoms. The lowest BCUT2D eigenvalue weighted by molar-refractivity contribution is -0.137. The van der Waals surface area contributed by atoms with Crippen molar-refractivity contribution in [1.82, 2.24) is 20.0 Å². The topological polar surface area (TPSA) is 45.5 Å². The Balaban J connectivity index is 0.00000420. The fourth-order valence-electron chi connectivity index (χ4n) is 3.06. The lowest BCUT2D eigenvalue weighted by atomic mass is 10.1. The van der Waals surface area contributed by atoms with Crippen LogP contribution in [0, 0.1) is 0 Å². The predicted molar refractivity (Wildman–Crippen MR) is 121 cm³/mol. The third kappa shape index (κ3) is 7.20. The zero-order valence-electron chi connectivity index (χ0n) is 17.4. The molecule has 0 saturated carbocycles. The van der Waals surface area contributed by atoms with E-state index in [2.05, 4.69) is 29.3 Å². The molecule has 2 rings (SSSR count). The Hall–Kier alpha value is -1.78. The van der Waals surface area contributed by atoms with Gasteiger partial charge >= 0.3 is 6.18 Å². The van der Waals surface area contributed by atoms with Crippen LogP contribution in [0.5, 0.6) is 0 Å². The highest BCUT2D eigenvalue weighted by Gasteiger charge is 2.29. The summed E-state index contributed by atoms with van der Waals surface area (Å²) in [7, 11) is 5.57. The van der Waals surface area contributed by atoms with Crippen molar-refractivity contribution in [2.24, 2.45) is 12.0 Å². The van der Waals surface area contributed by atoms with Gasteiger partial charge in [0.2, 0.25) is 0 Å². The van der Waals surface area contributed by atoms with Crippen LogP contribution in [-0.4, -0.2) is 41.3 Å². The summed E-state index contributed by atoms with van der Waals surface area (Å²) in [5, 5.41) is 7.79. The molecule has 1 heterocycles. The number of aliphatic imine (C=N–C) groups is 1. The predicted octanol–water partition coefficient (Wildman–Crippen LogP) is 4.43. The highest BCUT2D eigenvalue weighted by Crippen LogP contribution is 2.29. The van der Waals surface area contributed by atoms with Gasteiger partial charge in [0.05, 0.1) is 11.3 Å². The maximum absolute atomic E-state index is 12.6. The van der Waals surface area contributed by atoms with Gasteiger partial charge in [-0.1, -0.05) is 26.0 Å². The minimum Gasteiger partial charge on any atom is -0.356 e. The van der Waals surface area contributed by atoms with Gasteiger partial charge in [-0.25, -0.2) is 0 Å². The van der Waals surface area contributed by atoms with Crippen molar-refractivity contribution < 1.29 is 13.2 Å². The number of benzene rings is 1. The number of aromatic nitrogens is 2. The average Bonchev–Trinajstić information content (AvgIpc) is 2.98. The van der Waals surface area contributed by atoms with Crippen molar-refractivity contribution >= 4 is 29.9 Å². The first-order valence-corrected chi connectivity index (χ1v) is 9.22. The Morgan fingerprint density at radius 2 is 1.86 bits per heavy atom. The normalized spacial score (nSPS) is 12.1. The standard InChI is InChI=1S/C20H28F3N5.HI/c1-14(2)18-16(13-28(5)26-18)12-27(4)19(24-3)25-11-10-15-6-8-17(9-7-15)20(21,22)23;/h6-9,13-14H,10-12H2,1-5H3,(H,24,25);1H. The second-order valence-electron chi connectivity index (χ2n) is 7.14. The number of halogens is 4. The van der Waals surface area contributed by atoms with Gasteiger partial charge in [-0.2, -0.15) is 18.3 Å². The third-order valence-corrected chi connectivity index (χ3v) is 4.44. The van der Waals surface area contributed by atoms with E-state index in [1.807, 2.05) is 29.9 Å². The number of nitrogens with zero attached hydrogens (tertiary/aromatic N) is 4. The van der Waals surface area contributed by atoms with Crippen molar-refractivity contribution in [2.45, 2.75) is 38.9 Å². The molecule has 0 unspecified atom stereocenters. The number of rotatable bonds is 6. The molecule has 9 heteroatoms. The van der Waals surface area contributed by atoms with Crippen LogP contribution in [0.15, 0.2) is 35.5 Å². The SMILES string of the molecule is CN=C(NCCc1ccc(C(F)(F)F)cc1)N(C)Cc1cn(C)nc1C(C)C.I. The van der Waals surface area contributed by atoms with Gasteiger partial charge in [-0.15, -0.1) is 24.0 Å². The Morgan fingerprint density at radius 1 is 1.24 bits per heavy atom. The van der Waals surface area contributed by atoms with Gasteiger partial charge in [0.25, 0.3) is 0 Å². The second-order valence-corrected chi connectivity index (χ2v) is 7.14. The molecule has 0 fully saturated rings. The van der Waals surface area contributed by atoms with Crippen molar-refractivity contribution in [1.29, 1.82) is 0 Å². The largest absolute Gasteiger partial charge is 0.416 e. The molecule has 0 radical (unpaired) electrons. The first-order chi connectivity index (χ1) is 13.1. The first-order valence-electron chi connectivity index (χ1n) is 9.22. The van der Waals surface area contributed by atoms with Gasteiger partial charge in [-0.3, -0.25) is 9.67 Å². The third-order valence-electron chi connectivity index (χ3n) is 4.44. The first kappa shape index (κ1) is 25.3. The Labute approximate surface area is 187 Å². The van der Waals surface area contributed by atoms with Crippen molar-refractivity contribution in [3.8, 4) is 0 Å². The molecule has 0 aliphatic heterocycles. The number of nitrogens with one attached hydrogen (secondary N) is 1. The molecule has 0 atom stereocenters. The molecule has 0 aliphatic rings. The summed E-state index contributed by atoms with van der Waals surface area (Å²) in [5.41, 5.74) is 2.42. The zero-order valence-corrected chi connectivity index (χ0v) is 19.7. The van der Waals surface area contributed by atoms with E-state index in [1.54, 1.807) is 7.05 Å². The Bertz CT molecular complexity index is 797. The molecule has 162 valence electrons. The second kappa shape index (κ2) is 10.8. The summed E-state index contributed by atoms with van der Waals surface area (Å²) in [5.74, 6) is 1.06. The fraction of sp³-hybridized carbons (Fsp3) is 0.500. The minimum atomic E-state index is -4.30. The van der Waals surface area contributed by atoms with Crippen LogP contribution in [0.2, 0.25) is 0 Å². The Kier molecular flexibility index (Phi) is 9.44. The van der Waals surface area contributed by atoms with E-state index in [0.717, 1.165) is 34.9 Å². The van der Waals surface area contributed by atoms with Crippen LogP contribution < -0.4 is 5.32 Å². The highest BCUT2D eigenvalue weighted by atomic mass is 127. The van der Waals surface area contributed by atoms with Gasteiger partial charge in [0.15, 0.2) is 5.96 Å². The summed E-state index contributed by atoms with van der Waals surface area (Å²) in [6, 6.07) is 5.27. The molecule has 1 aromatic carbocycles. The van der Waals surface area contributed by atoms with Crippen LogP contribution in [0.25, 0.3) is 0 Å².